The lowest BCUT2D eigenvalue weighted by Gasteiger charge is -2.18. The number of hydrogen-bond donors (Lipinski definition) is 1. The Hall–Kier alpha value is -1.80. The standard InChI is InChI=1S/C15H17N3O3S2/c1-9(2)8-22-15-18-17-14(23-15)16-13(19)10-3-4-11-12(7-10)21-6-5-20-11/h3-4,7,9H,5-6,8H2,1-2H3,(H,16,17,19). The summed E-state index contributed by atoms with van der Waals surface area (Å²) < 4.78 is 11.8. The molecule has 0 saturated heterocycles. The first-order valence-electron chi connectivity index (χ1n) is 7.29. The van der Waals surface area contributed by atoms with Crippen molar-refractivity contribution < 1.29 is 14.3 Å². The van der Waals surface area contributed by atoms with E-state index >= 15 is 0 Å². The Labute approximate surface area is 142 Å². The molecular weight excluding hydrogens is 334 g/mol. The van der Waals surface area contributed by atoms with E-state index in [4.69, 9.17) is 9.47 Å². The van der Waals surface area contributed by atoms with Gasteiger partial charge in [-0.05, 0) is 24.1 Å². The first-order chi connectivity index (χ1) is 11.1. The van der Waals surface area contributed by atoms with Gasteiger partial charge in [0, 0.05) is 11.3 Å². The van der Waals surface area contributed by atoms with Gasteiger partial charge in [-0.3, -0.25) is 10.1 Å². The second-order valence-electron chi connectivity index (χ2n) is 5.39. The van der Waals surface area contributed by atoms with Gasteiger partial charge >= 0.3 is 0 Å². The van der Waals surface area contributed by atoms with Crippen LogP contribution in [0.25, 0.3) is 0 Å². The van der Waals surface area contributed by atoms with Gasteiger partial charge in [0.15, 0.2) is 15.8 Å². The first-order valence-corrected chi connectivity index (χ1v) is 9.09. The van der Waals surface area contributed by atoms with Gasteiger partial charge in [0.2, 0.25) is 5.13 Å². The molecule has 1 aromatic carbocycles. The number of carbonyl (C=O) groups is 1. The van der Waals surface area contributed by atoms with Gasteiger partial charge in [0.1, 0.15) is 13.2 Å². The Kier molecular flexibility index (Phi) is 5.02. The van der Waals surface area contributed by atoms with Crippen LogP contribution in [0.1, 0.15) is 24.2 Å². The SMILES string of the molecule is CC(C)CSc1nnc(NC(=O)c2ccc3c(c2)OCCO3)s1. The largest absolute Gasteiger partial charge is 0.486 e. The zero-order chi connectivity index (χ0) is 16.2. The number of aromatic nitrogens is 2. The normalized spacial score (nSPS) is 13.2. The second-order valence-corrected chi connectivity index (χ2v) is 7.64. The second kappa shape index (κ2) is 7.18. The topological polar surface area (TPSA) is 73.3 Å². The van der Waals surface area contributed by atoms with Crippen molar-refractivity contribution in [2.45, 2.75) is 18.2 Å². The van der Waals surface area contributed by atoms with Crippen molar-refractivity contribution in [2.75, 3.05) is 24.3 Å². The molecule has 2 aromatic rings. The monoisotopic (exact) mass is 351 g/mol. The molecule has 1 aliphatic rings. The maximum Gasteiger partial charge on any atom is 0.257 e. The summed E-state index contributed by atoms with van der Waals surface area (Å²) in [6, 6.07) is 5.13. The highest BCUT2D eigenvalue weighted by Crippen LogP contribution is 2.31. The van der Waals surface area contributed by atoms with Crippen molar-refractivity contribution in [1.82, 2.24) is 10.2 Å². The summed E-state index contributed by atoms with van der Waals surface area (Å²) in [4.78, 5) is 12.3. The minimum absolute atomic E-state index is 0.237. The van der Waals surface area contributed by atoms with E-state index in [9.17, 15) is 4.79 Å². The predicted octanol–water partition coefficient (Wildman–Crippen LogP) is 3.31. The zero-order valence-electron chi connectivity index (χ0n) is 12.9. The fourth-order valence-corrected chi connectivity index (χ4v) is 3.63. The molecule has 2 heterocycles. The molecule has 23 heavy (non-hydrogen) atoms. The number of thioether (sulfide) groups is 1. The van der Waals surface area contributed by atoms with E-state index in [0.29, 0.717) is 41.3 Å². The van der Waals surface area contributed by atoms with E-state index in [1.54, 1.807) is 30.0 Å². The lowest BCUT2D eigenvalue weighted by molar-refractivity contribution is 0.102. The fraction of sp³-hybridized carbons (Fsp3) is 0.400. The molecule has 1 aromatic heterocycles. The molecule has 0 spiro atoms. The highest BCUT2D eigenvalue weighted by molar-refractivity contribution is 8.01. The molecule has 0 saturated carbocycles. The van der Waals surface area contributed by atoms with Crippen LogP contribution in [0.4, 0.5) is 5.13 Å². The number of nitrogens with zero attached hydrogens (tertiary/aromatic N) is 2. The Morgan fingerprint density at radius 1 is 1.30 bits per heavy atom. The molecule has 0 radical (unpaired) electrons. The summed E-state index contributed by atoms with van der Waals surface area (Å²) >= 11 is 3.03. The van der Waals surface area contributed by atoms with E-state index in [1.807, 2.05) is 0 Å². The van der Waals surface area contributed by atoms with Crippen LogP contribution in [0.2, 0.25) is 0 Å². The number of carbonyl (C=O) groups excluding carboxylic acids is 1. The van der Waals surface area contributed by atoms with Gasteiger partial charge < -0.3 is 9.47 Å². The Morgan fingerprint density at radius 3 is 2.87 bits per heavy atom. The van der Waals surface area contributed by atoms with Crippen molar-refractivity contribution in [1.29, 1.82) is 0 Å². The molecule has 0 unspecified atom stereocenters. The predicted molar refractivity (Wildman–Crippen MR) is 90.9 cm³/mol. The Bertz CT molecular complexity index is 703. The van der Waals surface area contributed by atoms with Crippen LogP contribution in [0.3, 0.4) is 0 Å². The maximum absolute atomic E-state index is 12.3. The molecule has 122 valence electrons. The van der Waals surface area contributed by atoms with Crippen LogP contribution in [0.5, 0.6) is 11.5 Å². The van der Waals surface area contributed by atoms with Crippen LogP contribution in [0.15, 0.2) is 22.5 Å². The Balaban J connectivity index is 1.65. The molecule has 8 heteroatoms. The van der Waals surface area contributed by atoms with Gasteiger partial charge in [-0.2, -0.15) is 0 Å². The molecule has 1 N–H and O–H groups in total. The maximum atomic E-state index is 12.3. The average molecular weight is 351 g/mol. The average Bonchev–Trinajstić information content (AvgIpc) is 3.00. The van der Waals surface area contributed by atoms with Crippen LogP contribution in [-0.2, 0) is 0 Å². The third-order valence-corrected chi connectivity index (χ3v) is 5.37. The number of ether oxygens (including phenoxy) is 2. The number of amides is 1. The summed E-state index contributed by atoms with van der Waals surface area (Å²) in [6.07, 6.45) is 0. The van der Waals surface area contributed by atoms with Gasteiger partial charge in [0.05, 0.1) is 0 Å². The quantitative estimate of drug-likeness (QED) is 0.658. The van der Waals surface area contributed by atoms with Crippen molar-refractivity contribution >= 4 is 34.1 Å². The van der Waals surface area contributed by atoms with Gasteiger partial charge in [-0.25, -0.2) is 0 Å². The van der Waals surface area contributed by atoms with Crippen LogP contribution in [-0.4, -0.2) is 35.1 Å². The van der Waals surface area contributed by atoms with E-state index in [-0.39, 0.29) is 5.91 Å². The number of nitrogens with one attached hydrogen (secondary N) is 1. The number of fused-ring (bicyclic) bond motifs is 1. The molecule has 0 atom stereocenters. The molecule has 6 nitrogen and oxygen atoms in total. The molecule has 1 aliphatic heterocycles. The summed E-state index contributed by atoms with van der Waals surface area (Å²) in [5, 5.41) is 11.3. The minimum atomic E-state index is -0.237. The number of benzene rings is 1. The molecular formula is C15H17N3O3S2. The first kappa shape index (κ1) is 16.1. The third-order valence-electron chi connectivity index (χ3n) is 2.97. The van der Waals surface area contributed by atoms with E-state index < -0.39 is 0 Å². The summed E-state index contributed by atoms with van der Waals surface area (Å²) in [6.45, 7) is 5.32. The molecule has 0 aliphatic carbocycles. The summed E-state index contributed by atoms with van der Waals surface area (Å²) in [7, 11) is 0. The molecule has 0 fully saturated rings. The Morgan fingerprint density at radius 2 is 2.09 bits per heavy atom. The van der Waals surface area contributed by atoms with Crippen LogP contribution in [0, 0.1) is 5.92 Å². The van der Waals surface area contributed by atoms with E-state index in [0.717, 1.165) is 10.1 Å². The minimum Gasteiger partial charge on any atom is -0.486 e. The zero-order valence-corrected chi connectivity index (χ0v) is 14.5. The van der Waals surface area contributed by atoms with Crippen molar-refractivity contribution in [3.63, 3.8) is 0 Å². The van der Waals surface area contributed by atoms with Crippen molar-refractivity contribution in [2.24, 2.45) is 5.92 Å². The smallest absolute Gasteiger partial charge is 0.257 e. The number of rotatable bonds is 5. The van der Waals surface area contributed by atoms with Gasteiger partial charge in [0.25, 0.3) is 5.91 Å². The summed E-state index contributed by atoms with van der Waals surface area (Å²) in [5.74, 6) is 2.58. The van der Waals surface area contributed by atoms with Crippen molar-refractivity contribution in [3.8, 4) is 11.5 Å². The highest BCUT2D eigenvalue weighted by Gasteiger charge is 2.16. The number of anilines is 1. The number of hydrogen-bond acceptors (Lipinski definition) is 7. The van der Waals surface area contributed by atoms with Gasteiger partial charge in [-0.1, -0.05) is 36.9 Å². The third kappa shape index (κ3) is 4.14. The van der Waals surface area contributed by atoms with Crippen molar-refractivity contribution in [3.05, 3.63) is 23.8 Å². The lowest BCUT2D eigenvalue weighted by Crippen LogP contribution is -2.17. The van der Waals surface area contributed by atoms with Crippen LogP contribution < -0.4 is 14.8 Å². The molecule has 0 bridgehead atoms. The summed E-state index contributed by atoms with van der Waals surface area (Å²) in [5.41, 5.74) is 0.501. The highest BCUT2D eigenvalue weighted by atomic mass is 32.2. The fourth-order valence-electron chi connectivity index (χ4n) is 1.91. The van der Waals surface area contributed by atoms with E-state index in [1.165, 1.54) is 11.3 Å². The van der Waals surface area contributed by atoms with Gasteiger partial charge in [-0.15, -0.1) is 10.2 Å². The molecule has 3 rings (SSSR count). The lowest BCUT2D eigenvalue weighted by atomic mass is 10.2. The molecule has 1 amide bonds. The van der Waals surface area contributed by atoms with Crippen LogP contribution >= 0.6 is 23.1 Å². The van der Waals surface area contributed by atoms with E-state index in [2.05, 4.69) is 29.4 Å².